The Bertz CT molecular complexity index is 89.5. The summed E-state index contributed by atoms with van der Waals surface area (Å²) in [6.07, 6.45) is 17.8. The molecular formula is C14H29K. The Morgan fingerprint density at radius 1 is 0.533 bits per heavy atom. The first-order chi connectivity index (χ1) is 7.41. The number of hydrogen-bond acceptors (Lipinski definition) is 0. The summed E-state index contributed by atoms with van der Waals surface area (Å²) in [5.74, 6) is 0. The third kappa shape index (κ3) is 15.6. The predicted molar refractivity (Wildman–Crippen MR) is 71.6 cm³/mol. The van der Waals surface area contributed by atoms with Crippen LogP contribution in [-0.2, 0) is 0 Å². The van der Waals surface area contributed by atoms with Crippen LogP contribution in [0.25, 0.3) is 0 Å². The van der Waals surface area contributed by atoms with Crippen molar-refractivity contribution in [2.24, 2.45) is 0 Å². The standard InChI is InChI=1S/C14H29.K/c1-3-5-7-9-11-13-14-12-10-8-6-4-2;/h1,3-14H2,2H3;. The van der Waals surface area contributed by atoms with Gasteiger partial charge >= 0.3 is 120 Å². The van der Waals surface area contributed by atoms with Crippen LogP contribution in [0.1, 0.15) is 84.0 Å². The second-order valence-corrected chi connectivity index (χ2v) is 6.45. The quantitative estimate of drug-likeness (QED) is 0.320. The molecule has 0 saturated carbocycles. The fourth-order valence-corrected chi connectivity index (χ4v) is 2.87. The van der Waals surface area contributed by atoms with Crippen LogP contribution in [-0.4, -0.2) is 49.0 Å². The van der Waals surface area contributed by atoms with Crippen molar-refractivity contribution < 1.29 is 0 Å². The average molecular weight is 236 g/mol. The Kier molecular flexibility index (Phi) is 17.3. The van der Waals surface area contributed by atoms with E-state index >= 15 is 0 Å². The van der Waals surface area contributed by atoms with E-state index in [1.807, 2.05) is 0 Å². The van der Waals surface area contributed by atoms with E-state index < -0.39 is 0 Å². The molecule has 0 unspecified atom stereocenters. The number of hydrogen-bond donors (Lipinski definition) is 0. The first-order valence-corrected chi connectivity index (χ1v) is 9.62. The molecule has 0 rings (SSSR count). The fourth-order valence-electron chi connectivity index (χ4n) is 2.09. The normalized spacial score (nSPS) is 10.9. The van der Waals surface area contributed by atoms with Gasteiger partial charge in [-0.25, -0.2) is 0 Å². The summed E-state index contributed by atoms with van der Waals surface area (Å²) in [6.45, 7) is 2.29. The Labute approximate surface area is 132 Å². The summed E-state index contributed by atoms with van der Waals surface area (Å²) >= 11 is 1.10. The second kappa shape index (κ2) is 15.6. The predicted octanol–water partition coefficient (Wildman–Crippen LogP) is 5.27. The van der Waals surface area contributed by atoms with Crippen molar-refractivity contribution in [3.05, 3.63) is 0 Å². The van der Waals surface area contributed by atoms with Crippen molar-refractivity contribution in [2.45, 2.75) is 84.5 Å². The second-order valence-electron chi connectivity index (χ2n) is 4.89. The molecule has 0 atom stereocenters. The van der Waals surface area contributed by atoms with Crippen molar-refractivity contribution in [3.8, 4) is 0 Å². The van der Waals surface area contributed by atoms with Gasteiger partial charge in [0.05, 0.1) is 0 Å². The summed E-state index contributed by atoms with van der Waals surface area (Å²) in [6, 6.07) is 0. The molecule has 0 saturated heterocycles. The van der Waals surface area contributed by atoms with Gasteiger partial charge in [-0.3, -0.25) is 0 Å². The van der Waals surface area contributed by atoms with E-state index in [1.165, 1.54) is 77.0 Å². The van der Waals surface area contributed by atoms with Crippen LogP contribution in [0.3, 0.4) is 0 Å². The van der Waals surface area contributed by atoms with Gasteiger partial charge in [0, 0.05) is 0 Å². The molecule has 0 nitrogen and oxygen atoms in total. The summed E-state index contributed by atoms with van der Waals surface area (Å²) in [7, 11) is 0. The summed E-state index contributed by atoms with van der Waals surface area (Å²) in [5.41, 5.74) is 0. The molecule has 0 amide bonds. The zero-order chi connectivity index (χ0) is 11.2. The van der Waals surface area contributed by atoms with Crippen LogP contribution in [0.2, 0.25) is 0.515 Å². The molecule has 0 N–H and O–H groups in total. The molecule has 1 heteroatoms. The van der Waals surface area contributed by atoms with Gasteiger partial charge in [0.1, 0.15) is 0 Å². The minimum absolute atomic E-state index is 1.10. The van der Waals surface area contributed by atoms with Gasteiger partial charge in [-0.1, -0.05) is 13.3 Å². The monoisotopic (exact) mass is 236 g/mol. The molecule has 0 aliphatic rings. The van der Waals surface area contributed by atoms with Gasteiger partial charge in [-0.15, -0.1) is 0 Å². The van der Waals surface area contributed by atoms with Gasteiger partial charge in [0.15, 0.2) is 0 Å². The molecule has 15 heavy (non-hydrogen) atoms. The van der Waals surface area contributed by atoms with E-state index in [4.69, 9.17) is 0 Å². The summed E-state index contributed by atoms with van der Waals surface area (Å²) in [4.78, 5) is 0. The van der Waals surface area contributed by atoms with E-state index in [1.54, 1.807) is 0.515 Å². The van der Waals surface area contributed by atoms with Crippen molar-refractivity contribution in [1.29, 1.82) is 0 Å². The maximum atomic E-state index is 2.29. The van der Waals surface area contributed by atoms with Gasteiger partial charge < -0.3 is 0 Å². The first kappa shape index (κ1) is 16.6. The van der Waals surface area contributed by atoms with Gasteiger partial charge in [-0.05, 0) is 0 Å². The zero-order valence-corrected chi connectivity index (χ0v) is 14.3. The van der Waals surface area contributed by atoms with E-state index in [-0.39, 0.29) is 0 Å². The van der Waals surface area contributed by atoms with Crippen LogP contribution in [0.4, 0.5) is 0 Å². The Morgan fingerprint density at radius 2 is 0.867 bits per heavy atom. The van der Waals surface area contributed by atoms with Crippen LogP contribution < -0.4 is 0 Å². The molecule has 0 aromatic carbocycles. The van der Waals surface area contributed by atoms with Crippen LogP contribution >= 0.6 is 0 Å². The van der Waals surface area contributed by atoms with Crippen LogP contribution in [0.15, 0.2) is 0 Å². The minimum atomic E-state index is 1.10. The molecule has 0 bridgehead atoms. The molecule has 86 valence electrons. The van der Waals surface area contributed by atoms with E-state index in [9.17, 15) is 0 Å². The number of unbranched alkanes of at least 4 members (excludes halogenated alkanes) is 11. The maximum absolute atomic E-state index is 2.29. The van der Waals surface area contributed by atoms with Gasteiger partial charge in [0.2, 0.25) is 0 Å². The Balaban J connectivity index is 2.81. The Morgan fingerprint density at radius 3 is 1.20 bits per heavy atom. The fraction of sp³-hybridized carbons (Fsp3) is 1.00. The Hall–Kier alpha value is 1.64. The topological polar surface area (TPSA) is 0 Å². The molecular weight excluding hydrogens is 207 g/mol. The molecule has 0 spiro atoms. The van der Waals surface area contributed by atoms with Crippen LogP contribution in [0, 0.1) is 0 Å². The van der Waals surface area contributed by atoms with Crippen molar-refractivity contribution in [3.63, 3.8) is 0 Å². The molecule has 0 aromatic rings. The van der Waals surface area contributed by atoms with E-state index in [0.29, 0.717) is 0 Å². The molecule has 0 aromatic heterocycles. The summed E-state index contributed by atoms with van der Waals surface area (Å²) in [5, 5.41) is 0. The molecule has 0 heterocycles. The van der Waals surface area contributed by atoms with Crippen molar-refractivity contribution >= 4 is 49.0 Å². The zero-order valence-electron chi connectivity index (χ0n) is 11.2. The molecule has 0 aliphatic heterocycles. The summed E-state index contributed by atoms with van der Waals surface area (Å²) < 4.78 is 1.56. The third-order valence-corrected chi connectivity index (χ3v) is 4.31. The molecule has 0 fully saturated rings. The average Bonchev–Trinajstić information content (AvgIpc) is 2.26. The van der Waals surface area contributed by atoms with Crippen molar-refractivity contribution in [1.82, 2.24) is 0 Å². The van der Waals surface area contributed by atoms with Gasteiger partial charge in [0.25, 0.3) is 0 Å². The SMILES string of the molecule is CCCCCCCCCCCCC[CH2][K]. The van der Waals surface area contributed by atoms with E-state index in [2.05, 4.69) is 6.92 Å². The van der Waals surface area contributed by atoms with Crippen molar-refractivity contribution in [2.75, 3.05) is 0 Å². The molecule has 0 radical (unpaired) electrons. The van der Waals surface area contributed by atoms with E-state index in [0.717, 1.165) is 49.0 Å². The van der Waals surface area contributed by atoms with Crippen LogP contribution in [0.5, 0.6) is 0 Å². The number of rotatable bonds is 12. The van der Waals surface area contributed by atoms with Gasteiger partial charge in [-0.2, -0.15) is 0 Å². The third-order valence-electron chi connectivity index (χ3n) is 3.21. The first-order valence-electron chi connectivity index (χ1n) is 7.41. The molecule has 0 aliphatic carbocycles.